The standard InChI is InChI=1S/C16H13F3N2O2S/c1-10(22)20-12-3-4-14(13(8-12)16(17,18)19)21-15(23)5-2-11-6-7-24-9-11/h2-9H,1H3,(H,20,22)(H,21,23)/b5-2+. The Morgan fingerprint density at radius 1 is 1.17 bits per heavy atom. The number of alkyl halides is 3. The number of carbonyl (C=O) groups excluding carboxylic acids is 2. The lowest BCUT2D eigenvalue weighted by Gasteiger charge is -2.15. The van der Waals surface area contributed by atoms with E-state index in [0.717, 1.165) is 23.8 Å². The summed E-state index contributed by atoms with van der Waals surface area (Å²) in [5, 5.41) is 8.10. The number of thiophene rings is 1. The molecular weight excluding hydrogens is 341 g/mol. The molecule has 0 saturated heterocycles. The van der Waals surface area contributed by atoms with Crippen molar-refractivity contribution in [1.29, 1.82) is 0 Å². The third-order valence-electron chi connectivity index (χ3n) is 2.87. The number of carbonyl (C=O) groups is 2. The average molecular weight is 354 g/mol. The van der Waals surface area contributed by atoms with E-state index in [2.05, 4.69) is 10.6 Å². The lowest BCUT2D eigenvalue weighted by atomic mass is 10.1. The predicted octanol–water partition coefficient (Wildman–Crippen LogP) is 4.38. The lowest BCUT2D eigenvalue weighted by molar-refractivity contribution is -0.137. The van der Waals surface area contributed by atoms with Gasteiger partial charge in [0.25, 0.3) is 0 Å². The minimum Gasteiger partial charge on any atom is -0.326 e. The molecule has 1 aromatic heterocycles. The summed E-state index contributed by atoms with van der Waals surface area (Å²) in [7, 11) is 0. The summed E-state index contributed by atoms with van der Waals surface area (Å²) in [5.41, 5.74) is -0.628. The molecule has 126 valence electrons. The van der Waals surface area contributed by atoms with Crippen LogP contribution in [0.25, 0.3) is 6.08 Å². The SMILES string of the molecule is CC(=O)Nc1ccc(NC(=O)/C=C/c2ccsc2)c(C(F)(F)F)c1. The Hall–Kier alpha value is -2.61. The summed E-state index contributed by atoms with van der Waals surface area (Å²) in [4.78, 5) is 22.8. The maximum Gasteiger partial charge on any atom is 0.418 e. The zero-order valence-electron chi connectivity index (χ0n) is 12.5. The molecule has 8 heteroatoms. The van der Waals surface area contributed by atoms with Crippen molar-refractivity contribution in [3.05, 3.63) is 52.2 Å². The van der Waals surface area contributed by atoms with E-state index < -0.39 is 23.6 Å². The summed E-state index contributed by atoms with van der Waals surface area (Å²) in [6, 6.07) is 4.94. The van der Waals surface area contributed by atoms with Gasteiger partial charge in [-0.25, -0.2) is 0 Å². The van der Waals surface area contributed by atoms with Gasteiger partial charge in [-0.1, -0.05) is 0 Å². The molecule has 0 fully saturated rings. The van der Waals surface area contributed by atoms with E-state index >= 15 is 0 Å². The number of hydrogen-bond donors (Lipinski definition) is 2. The second kappa shape index (κ2) is 7.31. The van der Waals surface area contributed by atoms with Crippen LogP contribution in [0.3, 0.4) is 0 Å². The lowest BCUT2D eigenvalue weighted by Crippen LogP contribution is -2.16. The largest absolute Gasteiger partial charge is 0.418 e. The minimum atomic E-state index is -4.67. The van der Waals surface area contributed by atoms with E-state index in [1.807, 2.05) is 5.38 Å². The number of halogens is 3. The van der Waals surface area contributed by atoms with Crippen molar-refractivity contribution >= 4 is 40.6 Å². The number of amides is 2. The summed E-state index contributed by atoms with van der Waals surface area (Å²) in [6.45, 7) is 1.19. The zero-order chi connectivity index (χ0) is 17.7. The second-order valence-corrected chi connectivity index (χ2v) is 5.60. The first-order valence-electron chi connectivity index (χ1n) is 6.76. The van der Waals surface area contributed by atoms with Crippen LogP contribution in [0.4, 0.5) is 24.5 Å². The molecule has 0 aliphatic heterocycles. The number of benzene rings is 1. The molecule has 0 spiro atoms. The highest BCUT2D eigenvalue weighted by Crippen LogP contribution is 2.36. The van der Waals surface area contributed by atoms with E-state index in [-0.39, 0.29) is 11.4 Å². The number of anilines is 2. The maximum absolute atomic E-state index is 13.1. The quantitative estimate of drug-likeness (QED) is 0.801. The highest BCUT2D eigenvalue weighted by atomic mass is 32.1. The molecular formula is C16H13F3N2O2S. The van der Waals surface area contributed by atoms with Crippen LogP contribution in [0.1, 0.15) is 18.1 Å². The van der Waals surface area contributed by atoms with Gasteiger partial charge in [0.05, 0.1) is 11.3 Å². The topological polar surface area (TPSA) is 58.2 Å². The maximum atomic E-state index is 13.1. The van der Waals surface area contributed by atoms with Crippen LogP contribution in [0, 0.1) is 0 Å². The minimum absolute atomic E-state index is 0.00152. The monoisotopic (exact) mass is 354 g/mol. The second-order valence-electron chi connectivity index (χ2n) is 4.82. The van der Waals surface area contributed by atoms with Gasteiger partial charge in [-0.3, -0.25) is 9.59 Å². The summed E-state index contributed by atoms with van der Waals surface area (Å²) in [5.74, 6) is -1.17. The Kier molecular flexibility index (Phi) is 5.40. The molecule has 0 aliphatic carbocycles. The Morgan fingerprint density at radius 2 is 1.92 bits per heavy atom. The van der Waals surface area contributed by atoms with Crippen LogP contribution in [-0.4, -0.2) is 11.8 Å². The van der Waals surface area contributed by atoms with Crippen molar-refractivity contribution in [3.8, 4) is 0 Å². The van der Waals surface area contributed by atoms with E-state index in [4.69, 9.17) is 0 Å². The van der Waals surface area contributed by atoms with Crippen LogP contribution in [0.5, 0.6) is 0 Å². The Balaban J connectivity index is 2.22. The van der Waals surface area contributed by atoms with E-state index in [9.17, 15) is 22.8 Å². The molecule has 2 rings (SSSR count). The van der Waals surface area contributed by atoms with Gasteiger partial charge in [0.15, 0.2) is 0 Å². The van der Waals surface area contributed by atoms with Crippen molar-refractivity contribution in [2.75, 3.05) is 10.6 Å². The van der Waals surface area contributed by atoms with Crippen molar-refractivity contribution < 1.29 is 22.8 Å². The number of nitrogens with one attached hydrogen (secondary N) is 2. The first-order chi connectivity index (χ1) is 11.3. The zero-order valence-corrected chi connectivity index (χ0v) is 13.3. The molecule has 1 heterocycles. The Bertz CT molecular complexity index is 768. The molecule has 0 aliphatic rings. The molecule has 0 radical (unpaired) electrons. The van der Waals surface area contributed by atoms with Gasteiger partial charge in [-0.05, 0) is 46.7 Å². The van der Waals surface area contributed by atoms with Crippen molar-refractivity contribution in [3.63, 3.8) is 0 Å². The highest BCUT2D eigenvalue weighted by Gasteiger charge is 2.34. The molecule has 0 bridgehead atoms. The van der Waals surface area contributed by atoms with E-state index in [1.165, 1.54) is 30.4 Å². The number of rotatable bonds is 4. The van der Waals surface area contributed by atoms with Crippen LogP contribution in [0.15, 0.2) is 41.1 Å². The van der Waals surface area contributed by atoms with Gasteiger partial charge in [0.1, 0.15) is 0 Å². The van der Waals surface area contributed by atoms with Crippen molar-refractivity contribution in [2.24, 2.45) is 0 Å². The molecule has 0 atom stereocenters. The third-order valence-corrected chi connectivity index (χ3v) is 3.58. The van der Waals surface area contributed by atoms with Gasteiger partial charge in [-0.2, -0.15) is 24.5 Å². The Labute approximate surface area is 140 Å². The van der Waals surface area contributed by atoms with Crippen LogP contribution >= 0.6 is 11.3 Å². The third kappa shape index (κ3) is 4.95. The Morgan fingerprint density at radius 3 is 2.50 bits per heavy atom. The smallest absolute Gasteiger partial charge is 0.326 e. The molecule has 0 saturated carbocycles. The molecule has 2 amide bonds. The fourth-order valence-corrected chi connectivity index (χ4v) is 2.51. The molecule has 0 unspecified atom stereocenters. The van der Waals surface area contributed by atoms with Gasteiger partial charge < -0.3 is 10.6 Å². The fraction of sp³-hybridized carbons (Fsp3) is 0.125. The van der Waals surface area contributed by atoms with Gasteiger partial charge in [0.2, 0.25) is 11.8 Å². The molecule has 4 nitrogen and oxygen atoms in total. The van der Waals surface area contributed by atoms with E-state index in [1.54, 1.807) is 11.4 Å². The first kappa shape index (κ1) is 17.7. The van der Waals surface area contributed by atoms with Crippen molar-refractivity contribution in [2.45, 2.75) is 13.1 Å². The fourth-order valence-electron chi connectivity index (χ4n) is 1.88. The number of hydrogen-bond acceptors (Lipinski definition) is 3. The molecule has 24 heavy (non-hydrogen) atoms. The van der Waals surface area contributed by atoms with Crippen LogP contribution in [-0.2, 0) is 15.8 Å². The van der Waals surface area contributed by atoms with Crippen molar-refractivity contribution in [1.82, 2.24) is 0 Å². The van der Waals surface area contributed by atoms with Gasteiger partial charge in [-0.15, -0.1) is 0 Å². The van der Waals surface area contributed by atoms with Crippen LogP contribution < -0.4 is 10.6 Å². The predicted molar refractivity (Wildman–Crippen MR) is 87.7 cm³/mol. The normalized spacial score (nSPS) is 11.5. The summed E-state index contributed by atoms with van der Waals surface area (Å²) < 4.78 is 39.4. The average Bonchev–Trinajstić information content (AvgIpc) is 2.98. The molecule has 1 aromatic carbocycles. The van der Waals surface area contributed by atoms with E-state index in [0.29, 0.717) is 0 Å². The molecule has 2 N–H and O–H groups in total. The van der Waals surface area contributed by atoms with Gasteiger partial charge >= 0.3 is 6.18 Å². The van der Waals surface area contributed by atoms with Crippen LogP contribution in [0.2, 0.25) is 0 Å². The molecule has 2 aromatic rings. The highest BCUT2D eigenvalue weighted by molar-refractivity contribution is 7.08. The summed E-state index contributed by atoms with van der Waals surface area (Å²) in [6.07, 6.45) is -2.01. The van der Waals surface area contributed by atoms with Gasteiger partial charge in [0, 0.05) is 18.7 Å². The first-order valence-corrected chi connectivity index (χ1v) is 7.70. The summed E-state index contributed by atoms with van der Waals surface area (Å²) >= 11 is 1.44.